The van der Waals surface area contributed by atoms with Crippen LogP contribution in [-0.4, -0.2) is 52.0 Å². The monoisotopic (exact) mass is 297 g/mol. The lowest BCUT2D eigenvalue weighted by Crippen LogP contribution is -2.42. The van der Waals surface area contributed by atoms with Gasteiger partial charge in [-0.05, 0) is 31.1 Å². The van der Waals surface area contributed by atoms with Gasteiger partial charge in [0, 0.05) is 33.4 Å². The van der Waals surface area contributed by atoms with Crippen LogP contribution in [0.15, 0.2) is 4.99 Å². The highest BCUT2D eigenvalue weighted by Gasteiger charge is 2.28. The molecule has 5 heteroatoms. The van der Waals surface area contributed by atoms with Crippen molar-refractivity contribution in [3.05, 3.63) is 0 Å². The van der Waals surface area contributed by atoms with E-state index in [9.17, 15) is 0 Å². The first kappa shape index (κ1) is 16.6. The van der Waals surface area contributed by atoms with Gasteiger partial charge in [-0.3, -0.25) is 4.99 Å². The highest BCUT2D eigenvalue weighted by molar-refractivity contribution is 5.79. The zero-order valence-corrected chi connectivity index (χ0v) is 13.6. The molecule has 1 unspecified atom stereocenters. The summed E-state index contributed by atoms with van der Waals surface area (Å²) in [6, 6.07) is 0. The van der Waals surface area contributed by atoms with Gasteiger partial charge in [0.1, 0.15) is 0 Å². The maximum Gasteiger partial charge on any atom is 0.190 e. The molecule has 1 heterocycles. The summed E-state index contributed by atoms with van der Waals surface area (Å²) in [5.41, 5.74) is 0.448. The Morgan fingerprint density at radius 2 is 2.14 bits per heavy atom. The summed E-state index contributed by atoms with van der Waals surface area (Å²) in [5, 5.41) is 6.83. The molecule has 0 radical (unpaired) electrons. The van der Waals surface area contributed by atoms with Gasteiger partial charge in [0.25, 0.3) is 0 Å². The number of nitrogens with zero attached hydrogens (tertiary/aromatic N) is 1. The van der Waals surface area contributed by atoms with E-state index in [-0.39, 0.29) is 0 Å². The minimum Gasteiger partial charge on any atom is -0.379 e. The first-order valence-corrected chi connectivity index (χ1v) is 8.36. The number of hydrogen-bond acceptors (Lipinski definition) is 3. The van der Waals surface area contributed by atoms with Crippen molar-refractivity contribution in [2.45, 2.75) is 51.6 Å². The van der Waals surface area contributed by atoms with Gasteiger partial charge in [-0.2, -0.15) is 0 Å². The fourth-order valence-corrected chi connectivity index (χ4v) is 3.10. The molecule has 2 rings (SSSR count). The Hall–Kier alpha value is -0.810. The molecule has 0 bridgehead atoms. The average molecular weight is 297 g/mol. The predicted octanol–water partition coefficient (Wildman–Crippen LogP) is 1.93. The first-order valence-electron chi connectivity index (χ1n) is 8.36. The molecular weight excluding hydrogens is 266 g/mol. The number of hydrogen-bond donors (Lipinski definition) is 2. The van der Waals surface area contributed by atoms with Crippen LogP contribution < -0.4 is 10.6 Å². The fourth-order valence-electron chi connectivity index (χ4n) is 3.10. The second-order valence-electron chi connectivity index (χ2n) is 6.58. The number of nitrogens with one attached hydrogen (secondary N) is 2. The molecule has 0 aromatic rings. The predicted molar refractivity (Wildman–Crippen MR) is 85.7 cm³/mol. The highest BCUT2D eigenvalue weighted by Crippen LogP contribution is 2.36. The summed E-state index contributed by atoms with van der Waals surface area (Å²) in [4.78, 5) is 4.29. The fraction of sp³-hybridized carbons (Fsp3) is 0.938. The van der Waals surface area contributed by atoms with E-state index in [2.05, 4.69) is 22.5 Å². The van der Waals surface area contributed by atoms with Crippen molar-refractivity contribution >= 4 is 5.96 Å². The third-order valence-corrected chi connectivity index (χ3v) is 4.57. The van der Waals surface area contributed by atoms with E-state index >= 15 is 0 Å². The zero-order valence-electron chi connectivity index (χ0n) is 13.6. The number of ether oxygens (including phenoxy) is 2. The van der Waals surface area contributed by atoms with Crippen LogP contribution in [0.3, 0.4) is 0 Å². The van der Waals surface area contributed by atoms with Crippen LogP contribution in [0.25, 0.3) is 0 Å². The summed E-state index contributed by atoms with van der Waals surface area (Å²) in [6.07, 6.45) is 7.73. The SMILES string of the molecule is CN=C(NCCCOC1CCOC1)NCC1(C)CCCC1. The van der Waals surface area contributed by atoms with Gasteiger partial charge < -0.3 is 20.1 Å². The van der Waals surface area contributed by atoms with Crippen LogP contribution >= 0.6 is 0 Å². The first-order chi connectivity index (χ1) is 10.2. The van der Waals surface area contributed by atoms with Crippen molar-refractivity contribution in [2.75, 3.05) is 40.0 Å². The van der Waals surface area contributed by atoms with Crippen LogP contribution in [0.2, 0.25) is 0 Å². The minimum atomic E-state index is 0.310. The summed E-state index contributed by atoms with van der Waals surface area (Å²) in [7, 11) is 1.83. The van der Waals surface area contributed by atoms with Gasteiger partial charge in [0.05, 0.1) is 12.7 Å². The lowest BCUT2D eigenvalue weighted by atomic mass is 9.89. The molecule has 1 saturated carbocycles. The van der Waals surface area contributed by atoms with Crippen LogP contribution in [0.4, 0.5) is 0 Å². The molecule has 2 fully saturated rings. The molecule has 1 atom stereocenters. The molecule has 0 amide bonds. The van der Waals surface area contributed by atoms with Crippen molar-refractivity contribution in [3.8, 4) is 0 Å². The molecule has 0 spiro atoms. The van der Waals surface area contributed by atoms with Gasteiger partial charge in [0.2, 0.25) is 0 Å². The van der Waals surface area contributed by atoms with Crippen molar-refractivity contribution < 1.29 is 9.47 Å². The molecule has 122 valence electrons. The number of aliphatic imine (C=N–C) groups is 1. The molecule has 2 aliphatic rings. The van der Waals surface area contributed by atoms with E-state index in [0.717, 1.165) is 51.7 Å². The van der Waals surface area contributed by atoms with Crippen LogP contribution in [0, 0.1) is 5.41 Å². The van der Waals surface area contributed by atoms with E-state index in [0.29, 0.717) is 11.5 Å². The maximum atomic E-state index is 5.75. The molecule has 1 aliphatic heterocycles. The minimum absolute atomic E-state index is 0.310. The lowest BCUT2D eigenvalue weighted by molar-refractivity contribution is 0.0420. The number of guanidine groups is 1. The second-order valence-corrected chi connectivity index (χ2v) is 6.58. The standard InChI is InChI=1S/C16H31N3O2/c1-16(7-3-4-8-16)13-19-15(17-2)18-9-5-10-21-14-6-11-20-12-14/h14H,3-13H2,1-2H3,(H2,17,18,19). The van der Waals surface area contributed by atoms with Crippen molar-refractivity contribution in [3.63, 3.8) is 0 Å². The van der Waals surface area contributed by atoms with Crippen LogP contribution in [0.5, 0.6) is 0 Å². The van der Waals surface area contributed by atoms with Crippen molar-refractivity contribution in [1.29, 1.82) is 0 Å². The Morgan fingerprint density at radius 1 is 1.33 bits per heavy atom. The van der Waals surface area contributed by atoms with Gasteiger partial charge in [0.15, 0.2) is 5.96 Å². The van der Waals surface area contributed by atoms with Crippen LogP contribution in [-0.2, 0) is 9.47 Å². The Labute approximate surface area is 128 Å². The van der Waals surface area contributed by atoms with E-state index < -0.39 is 0 Å². The average Bonchev–Trinajstić information content (AvgIpc) is 3.14. The maximum absolute atomic E-state index is 5.75. The molecular formula is C16H31N3O2. The Morgan fingerprint density at radius 3 is 2.81 bits per heavy atom. The molecule has 0 aromatic carbocycles. The summed E-state index contributed by atoms with van der Waals surface area (Å²) >= 11 is 0. The highest BCUT2D eigenvalue weighted by atomic mass is 16.5. The molecule has 2 N–H and O–H groups in total. The summed E-state index contributed by atoms with van der Waals surface area (Å²) in [6.45, 7) is 6.67. The molecule has 0 aromatic heterocycles. The quantitative estimate of drug-likeness (QED) is 0.428. The van der Waals surface area contributed by atoms with Crippen molar-refractivity contribution in [2.24, 2.45) is 10.4 Å². The summed E-state index contributed by atoms with van der Waals surface area (Å²) < 4.78 is 11.0. The molecule has 21 heavy (non-hydrogen) atoms. The van der Waals surface area contributed by atoms with E-state index in [1.807, 2.05) is 7.05 Å². The molecule has 1 aliphatic carbocycles. The lowest BCUT2D eigenvalue weighted by Gasteiger charge is -2.25. The normalized spacial score (nSPS) is 25.2. The van der Waals surface area contributed by atoms with Crippen LogP contribution in [0.1, 0.15) is 45.4 Å². The van der Waals surface area contributed by atoms with Gasteiger partial charge in [-0.1, -0.05) is 19.8 Å². The Balaban J connectivity index is 1.53. The zero-order chi connectivity index (χ0) is 15.0. The Bertz CT molecular complexity index is 321. The van der Waals surface area contributed by atoms with E-state index in [1.165, 1.54) is 25.7 Å². The second kappa shape index (κ2) is 8.59. The topological polar surface area (TPSA) is 54.9 Å². The third kappa shape index (κ3) is 5.83. The number of rotatable bonds is 7. The largest absolute Gasteiger partial charge is 0.379 e. The van der Waals surface area contributed by atoms with E-state index in [1.54, 1.807) is 0 Å². The van der Waals surface area contributed by atoms with E-state index in [4.69, 9.17) is 9.47 Å². The molecule has 5 nitrogen and oxygen atoms in total. The third-order valence-electron chi connectivity index (χ3n) is 4.57. The smallest absolute Gasteiger partial charge is 0.190 e. The molecule has 1 saturated heterocycles. The van der Waals surface area contributed by atoms with Gasteiger partial charge in [-0.15, -0.1) is 0 Å². The Kier molecular flexibility index (Phi) is 6.77. The van der Waals surface area contributed by atoms with Gasteiger partial charge in [-0.25, -0.2) is 0 Å². The van der Waals surface area contributed by atoms with Crippen molar-refractivity contribution in [1.82, 2.24) is 10.6 Å². The summed E-state index contributed by atoms with van der Waals surface area (Å²) in [5.74, 6) is 0.910. The van der Waals surface area contributed by atoms with Gasteiger partial charge >= 0.3 is 0 Å².